The summed E-state index contributed by atoms with van der Waals surface area (Å²) in [5, 5.41) is 10.8. The highest BCUT2D eigenvalue weighted by Crippen LogP contribution is 2.31. The number of nitrogens with one attached hydrogen (secondary N) is 1. The molecule has 2 aromatic rings. The summed E-state index contributed by atoms with van der Waals surface area (Å²) in [5.74, 6) is 1.35. The fraction of sp³-hybridized carbons (Fsp3) is 0.429. The van der Waals surface area contributed by atoms with Crippen LogP contribution in [0.4, 0.5) is 11.5 Å². The van der Waals surface area contributed by atoms with E-state index in [0.29, 0.717) is 56.7 Å². The van der Waals surface area contributed by atoms with Crippen molar-refractivity contribution in [3.8, 4) is 11.5 Å². The molecule has 0 aliphatic carbocycles. The van der Waals surface area contributed by atoms with Crippen LogP contribution < -0.4 is 19.1 Å². The largest absolute Gasteiger partial charge is 0.490 e. The minimum absolute atomic E-state index is 0.0273. The Hall–Kier alpha value is -3.45. The number of sulfonamides is 1. The monoisotopic (exact) mass is 491 g/mol. The normalized spacial score (nSPS) is 16.1. The second-order valence-corrected chi connectivity index (χ2v) is 9.57. The minimum Gasteiger partial charge on any atom is -0.490 e. The number of rotatable bonds is 7. The van der Waals surface area contributed by atoms with E-state index in [1.165, 1.54) is 24.4 Å². The van der Waals surface area contributed by atoms with E-state index in [4.69, 9.17) is 9.47 Å². The highest BCUT2D eigenvalue weighted by atomic mass is 32.2. The summed E-state index contributed by atoms with van der Waals surface area (Å²) >= 11 is 0. The predicted octanol–water partition coefficient (Wildman–Crippen LogP) is 1.17. The molecule has 34 heavy (non-hydrogen) atoms. The van der Waals surface area contributed by atoms with Gasteiger partial charge in [-0.1, -0.05) is 0 Å². The van der Waals surface area contributed by atoms with Gasteiger partial charge in [0.2, 0.25) is 15.9 Å². The quantitative estimate of drug-likeness (QED) is 0.446. The van der Waals surface area contributed by atoms with Crippen LogP contribution in [0.5, 0.6) is 11.5 Å². The van der Waals surface area contributed by atoms with Crippen LogP contribution in [0.1, 0.15) is 12.8 Å². The molecule has 1 aromatic heterocycles. The van der Waals surface area contributed by atoms with Crippen LogP contribution in [0.3, 0.4) is 0 Å². The number of hydrogen-bond donors (Lipinski definition) is 1. The molecule has 3 heterocycles. The van der Waals surface area contributed by atoms with Crippen molar-refractivity contribution in [2.45, 2.75) is 17.7 Å². The molecule has 1 saturated heterocycles. The van der Waals surface area contributed by atoms with Crippen LogP contribution in [0.15, 0.2) is 41.4 Å². The Balaban J connectivity index is 1.26. The molecular weight excluding hydrogens is 466 g/mol. The van der Waals surface area contributed by atoms with E-state index in [1.807, 2.05) is 4.90 Å². The van der Waals surface area contributed by atoms with E-state index in [9.17, 15) is 23.3 Å². The van der Waals surface area contributed by atoms with Crippen molar-refractivity contribution in [2.75, 3.05) is 50.8 Å². The third kappa shape index (κ3) is 5.54. The Bertz CT molecular complexity index is 1150. The highest BCUT2D eigenvalue weighted by molar-refractivity contribution is 7.89. The zero-order valence-electron chi connectivity index (χ0n) is 18.4. The number of pyridine rings is 1. The van der Waals surface area contributed by atoms with Crippen LogP contribution in [-0.4, -0.2) is 75.1 Å². The van der Waals surface area contributed by atoms with Gasteiger partial charge in [-0.15, -0.1) is 0 Å². The van der Waals surface area contributed by atoms with Crippen LogP contribution >= 0.6 is 0 Å². The first-order valence-corrected chi connectivity index (χ1v) is 12.3. The molecule has 2 aliphatic heterocycles. The lowest BCUT2D eigenvalue weighted by Gasteiger charge is -2.35. The topological polar surface area (TPSA) is 144 Å². The first-order chi connectivity index (χ1) is 16.3. The number of nitro groups is 1. The van der Waals surface area contributed by atoms with Crippen LogP contribution in [0.25, 0.3) is 0 Å². The summed E-state index contributed by atoms with van der Waals surface area (Å²) in [4.78, 5) is 30.6. The Kier molecular flexibility index (Phi) is 7.12. The predicted molar refractivity (Wildman–Crippen MR) is 122 cm³/mol. The first kappa shape index (κ1) is 23.7. The van der Waals surface area contributed by atoms with Crippen LogP contribution in [0, 0.1) is 10.1 Å². The number of amides is 1. The molecular formula is C21H25N5O7S. The molecule has 4 rings (SSSR count). The molecule has 0 spiro atoms. The van der Waals surface area contributed by atoms with Crippen molar-refractivity contribution in [3.63, 3.8) is 0 Å². The summed E-state index contributed by atoms with van der Waals surface area (Å²) in [7, 11) is -3.81. The van der Waals surface area contributed by atoms with E-state index in [-0.39, 0.29) is 29.5 Å². The molecule has 12 nitrogen and oxygen atoms in total. The first-order valence-electron chi connectivity index (χ1n) is 10.9. The molecule has 0 saturated carbocycles. The Morgan fingerprint density at radius 1 is 1.09 bits per heavy atom. The lowest BCUT2D eigenvalue weighted by molar-refractivity contribution is -0.385. The fourth-order valence-corrected chi connectivity index (χ4v) is 4.75. The van der Waals surface area contributed by atoms with Crippen LogP contribution in [0.2, 0.25) is 0 Å². The summed E-state index contributed by atoms with van der Waals surface area (Å²) < 4.78 is 38.8. The average Bonchev–Trinajstić information content (AvgIpc) is 3.09. The fourth-order valence-electron chi connectivity index (χ4n) is 3.70. The van der Waals surface area contributed by atoms with Crippen molar-refractivity contribution >= 4 is 27.4 Å². The number of hydrogen-bond acceptors (Lipinski definition) is 9. The SMILES string of the molecule is O=C(CCNS(=O)(=O)c1ccc2c(c1)OCCCO2)N1CCN(c2ccc([N+](=O)[O-])cn2)CC1. The minimum atomic E-state index is -3.81. The maximum Gasteiger partial charge on any atom is 0.287 e. The number of carbonyl (C=O) groups excluding carboxylic acids is 1. The molecule has 0 bridgehead atoms. The second-order valence-electron chi connectivity index (χ2n) is 7.81. The molecule has 0 atom stereocenters. The standard InChI is InChI=1S/C21H25N5O7S/c27-21(25-10-8-24(9-11-25)20-5-2-16(15-22-20)26(28)29)6-7-23-34(30,31)17-3-4-18-19(14-17)33-13-1-12-32-18/h2-5,14-15,23H,1,6-13H2. The smallest absolute Gasteiger partial charge is 0.287 e. The highest BCUT2D eigenvalue weighted by Gasteiger charge is 2.23. The Labute approximate surface area is 196 Å². The lowest BCUT2D eigenvalue weighted by atomic mass is 10.2. The molecule has 0 unspecified atom stereocenters. The van der Waals surface area contributed by atoms with Gasteiger partial charge in [0.15, 0.2) is 11.5 Å². The van der Waals surface area contributed by atoms with Crippen molar-refractivity contribution < 1.29 is 27.6 Å². The molecule has 1 amide bonds. The maximum absolute atomic E-state index is 12.6. The number of nitrogens with zero attached hydrogens (tertiary/aromatic N) is 4. The number of carbonyl (C=O) groups is 1. The zero-order valence-corrected chi connectivity index (χ0v) is 19.2. The Morgan fingerprint density at radius 2 is 1.82 bits per heavy atom. The van der Waals surface area contributed by atoms with Gasteiger partial charge in [-0.25, -0.2) is 18.1 Å². The number of aromatic nitrogens is 1. The molecule has 13 heteroatoms. The van der Waals surface area contributed by atoms with Gasteiger partial charge in [0, 0.05) is 57.7 Å². The van der Waals surface area contributed by atoms with Gasteiger partial charge in [-0.2, -0.15) is 0 Å². The summed E-state index contributed by atoms with van der Waals surface area (Å²) in [6.45, 7) is 2.89. The van der Waals surface area contributed by atoms with Crippen LogP contribution in [-0.2, 0) is 14.8 Å². The molecule has 1 N–H and O–H groups in total. The van der Waals surface area contributed by atoms with Gasteiger partial charge < -0.3 is 19.3 Å². The van der Waals surface area contributed by atoms with E-state index in [1.54, 1.807) is 17.0 Å². The zero-order chi connectivity index (χ0) is 24.1. The summed E-state index contributed by atoms with van der Waals surface area (Å²) in [5.41, 5.74) is -0.0771. The third-order valence-corrected chi connectivity index (χ3v) is 7.02. The molecule has 1 fully saturated rings. The maximum atomic E-state index is 12.6. The Morgan fingerprint density at radius 3 is 2.50 bits per heavy atom. The van der Waals surface area contributed by atoms with Crippen molar-refractivity contribution in [3.05, 3.63) is 46.6 Å². The third-order valence-electron chi connectivity index (χ3n) is 5.56. The van der Waals surface area contributed by atoms with Gasteiger partial charge in [-0.05, 0) is 18.2 Å². The summed E-state index contributed by atoms with van der Waals surface area (Å²) in [6.07, 6.45) is 1.96. The lowest BCUT2D eigenvalue weighted by Crippen LogP contribution is -2.49. The van der Waals surface area contributed by atoms with Gasteiger partial charge >= 0.3 is 0 Å². The average molecular weight is 492 g/mol. The number of piperazine rings is 1. The van der Waals surface area contributed by atoms with Gasteiger partial charge in [-0.3, -0.25) is 14.9 Å². The number of benzene rings is 1. The molecule has 1 aromatic carbocycles. The van der Waals surface area contributed by atoms with Gasteiger partial charge in [0.1, 0.15) is 12.0 Å². The molecule has 182 valence electrons. The van der Waals surface area contributed by atoms with E-state index >= 15 is 0 Å². The van der Waals surface area contributed by atoms with Crippen molar-refractivity contribution in [1.29, 1.82) is 0 Å². The number of anilines is 1. The van der Waals surface area contributed by atoms with Crippen molar-refractivity contribution in [2.24, 2.45) is 0 Å². The second kappa shape index (κ2) is 10.2. The van der Waals surface area contributed by atoms with E-state index in [2.05, 4.69) is 9.71 Å². The van der Waals surface area contributed by atoms with Gasteiger partial charge in [0.25, 0.3) is 5.69 Å². The van der Waals surface area contributed by atoms with Gasteiger partial charge in [0.05, 0.1) is 23.0 Å². The number of fused-ring (bicyclic) bond motifs is 1. The molecule has 2 aliphatic rings. The van der Waals surface area contributed by atoms with Crippen molar-refractivity contribution in [1.82, 2.24) is 14.6 Å². The van der Waals surface area contributed by atoms with E-state index in [0.717, 1.165) is 6.42 Å². The number of ether oxygens (including phenoxy) is 2. The summed E-state index contributed by atoms with van der Waals surface area (Å²) in [6, 6.07) is 7.43. The van der Waals surface area contributed by atoms with E-state index < -0.39 is 14.9 Å². The molecule has 0 radical (unpaired) electrons.